The molecule has 1 saturated heterocycles. The van der Waals surface area contributed by atoms with Crippen LogP contribution in [0.4, 0.5) is 11.4 Å². The second kappa shape index (κ2) is 12.1. The molecule has 0 aromatic heterocycles. The van der Waals surface area contributed by atoms with Crippen LogP contribution in [0.2, 0.25) is 0 Å². The number of amides is 2. The molecule has 0 saturated carbocycles. The fourth-order valence-corrected chi connectivity index (χ4v) is 6.76. The van der Waals surface area contributed by atoms with E-state index in [-0.39, 0.29) is 22.1 Å². The number of nitrogens with one attached hydrogen (secondary N) is 2. The van der Waals surface area contributed by atoms with E-state index in [4.69, 9.17) is 4.74 Å². The number of thioether (sulfide) groups is 1. The van der Waals surface area contributed by atoms with Gasteiger partial charge < -0.3 is 15.0 Å². The SMILES string of the molecule is COc1ccc(C)cc1NS(=O)(=O)c1ccc(NC(=O)c2ccc([C@@H]3SCC(=O)N3Cc3ccccc3)cc2)cc1. The van der Waals surface area contributed by atoms with Crippen LogP contribution in [0, 0.1) is 6.92 Å². The first-order chi connectivity index (χ1) is 19.7. The Morgan fingerprint density at radius 2 is 1.68 bits per heavy atom. The molecule has 0 aliphatic carbocycles. The number of hydrogen-bond acceptors (Lipinski definition) is 6. The van der Waals surface area contributed by atoms with Crippen LogP contribution in [0.3, 0.4) is 0 Å². The molecule has 10 heteroatoms. The Morgan fingerprint density at radius 1 is 0.976 bits per heavy atom. The number of carbonyl (C=O) groups is 2. The number of methoxy groups -OCH3 is 1. The average Bonchev–Trinajstić information content (AvgIpc) is 3.33. The summed E-state index contributed by atoms with van der Waals surface area (Å²) in [6.45, 7) is 2.39. The third kappa shape index (κ3) is 6.55. The Bertz CT molecular complexity index is 1660. The number of benzene rings is 4. The quantitative estimate of drug-likeness (QED) is 0.255. The van der Waals surface area contributed by atoms with E-state index in [2.05, 4.69) is 10.0 Å². The van der Waals surface area contributed by atoms with Gasteiger partial charge in [0.05, 0.1) is 23.4 Å². The van der Waals surface area contributed by atoms with Crippen LogP contribution in [-0.4, -0.2) is 38.0 Å². The molecule has 0 spiro atoms. The summed E-state index contributed by atoms with van der Waals surface area (Å²) in [7, 11) is -2.40. The minimum atomic E-state index is -3.87. The Kier molecular flexibility index (Phi) is 8.32. The van der Waals surface area contributed by atoms with Crippen molar-refractivity contribution in [3.8, 4) is 5.75 Å². The van der Waals surface area contributed by atoms with Gasteiger partial charge in [-0.1, -0.05) is 48.5 Å². The average molecular weight is 588 g/mol. The van der Waals surface area contributed by atoms with Gasteiger partial charge in [-0.25, -0.2) is 8.42 Å². The molecule has 1 heterocycles. The highest BCUT2D eigenvalue weighted by Gasteiger charge is 2.32. The second-order valence-electron chi connectivity index (χ2n) is 9.58. The van der Waals surface area contributed by atoms with Crippen molar-refractivity contribution >= 4 is 45.0 Å². The summed E-state index contributed by atoms with van der Waals surface area (Å²) in [6, 6.07) is 28.2. The van der Waals surface area contributed by atoms with Crippen molar-refractivity contribution in [2.45, 2.75) is 23.7 Å². The molecule has 4 aromatic rings. The molecule has 210 valence electrons. The lowest BCUT2D eigenvalue weighted by molar-refractivity contribution is -0.128. The molecule has 8 nitrogen and oxygen atoms in total. The number of hydrogen-bond donors (Lipinski definition) is 2. The van der Waals surface area contributed by atoms with Crippen molar-refractivity contribution in [2.24, 2.45) is 0 Å². The van der Waals surface area contributed by atoms with Crippen LogP contribution < -0.4 is 14.8 Å². The highest BCUT2D eigenvalue weighted by molar-refractivity contribution is 8.00. The predicted molar refractivity (Wildman–Crippen MR) is 162 cm³/mol. The number of sulfonamides is 1. The first-order valence-electron chi connectivity index (χ1n) is 12.9. The molecule has 1 atom stereocenters. The summed E-state index contributed by atoms with van der Waals surface area (Å²) < 4.78 is 33.7. The van der Waals surface area contributed by atoms with Crippen LogP contribution in [0.25, 0.3) is 0 Å². The van der Waals surface area contributed by atoms with Crippen LogP contribution in [0.5, 0.6) is 5.75 Å². The summed E-state index contributed by atoms with van der Waals surface area (Å²) in [4.78, 5) is 27.4. The summed E-state index contributed by atoms with van der Waals surface area (Å²) in [5.41, 5.74) is 4.14. The maximum Gasteiger partial charge on any atom is 0.262 e. The number of rotatable bonds is 9. The lowest BCUT2D eigenvalue weighted by atomic mass is 10.1. The van der Waals surface area contributed by atoms with Gasteiger partial charge in [0.1, 0.15) is 11.1 Å². The highest BCUT2D eigenvalue weighted by atomic mass is 32.2. The standard InChI is InChI=1S/C31H29N3O5S2/c1-21-8-17-28(39-2)27(18-21)33-41(37,38)26-15-13-25(14-16-26)32-30(36)23-9-11-24(12-10-23)31-34(29(35)20-40-31)19-22-6-4-3-5-7-22/h3-18,31,33H,19-20H2,1-2H3,(H,32,36)/t31-/m0/s1. The van der Waals surface area contributed by atoms with Gasteiger partial charge >= 0.3 is 0 Å². The van der Waals surface area contributed by atoms with Gasteiger partial charge in [0.2, 0.25) is 5.91 Å². The minimum absolute atomic E-state index is 0.0482. The van der Waals surface area contributed by atoms with Crippen molar-refractivity contribution in [3.63, 3.8) is 0 Å². The van der Waals surface area contributed by atoms with Crippen molar-refractivity contribution < 1.29 is 22.7 Å². The Hall–Kier alpha value is -4.28. The van der Waals surface area contributed by atoms with Gasteiger partial charge in [-0.05, 0) is 72.1 Å². The number of anilines is 2. The molecular formula is C31H29N3O5S2. The molecule has 0 unspecified atom stereocenters. The molecule has 1 fully saturated rings. The predicted octanol–water partition coefficient (Wildman–Crippen LogP) is 5.83. The second-order valence-corrected chi connectivity index (χ2v) is 12.3. The fourth-order valence-electron chi connectivity index (χ4n) is 4.51. The summed E-state index contributed by atoms with van der Waals surface area (Å²) in [5, 5.41) is 2.68. The molecule has 5 rings (SSSR count). The van der Waals surface area contributed by atoms with E-state index in [1.165, 1.54) is 31.4 Å². The lowest BCUT2D eigenvalue weighted by Gasteiger charge is -2.24. The largest absolute Gasteiger partial charge is 0.495 e. The Labute approximate surface area is 243 Å². The summed E-state index contributed by atoms with van der Waals surface area (Å²) in [6.07, 6.45) is 0. The van der Waals surface area contributed by atoms with Gasteiger partial charge in [-0.3, -0.25) is 14.3 Å². The van der Waals surface area contributed by atoms with E-state index >= 15 is 0 Å². The monoisotopic (exact) mass is 587 g/mol. The van der Waals surface area contributed by atoms with Crippen LogP contribution >= 0.6 is 11.8 Å². The molecule has 41 heavy (non-hydrogen) atoms. The highest BCUT2D eigenvalue weighted by Crippen LogP contribution is 2.39. The topological polar surface area (TPSA) is 105 Å². The Balaban J connectivity index is 1.24. The van der Waals surface area contributed by atoms with E-state index in [1.807, 2.05) is 60.4 Å². The lowest BCUT2D eigenvalue weighted by Crippen LogP contribution is -2.27. The van der Waals surface area contributed by atoms with Crippen molar-refractivity contribution in [1.29, 1.82) is 0 Å². The third-order valence-electron chi connectivity index (χ3n) is 6.64. The van der Waals surface area contributed by atoms with Crippen LogP contribution in [0.1, 0.15) is 32.4 Å². The molecule has 2 N–H and O–H groups in total. The maximum atomic E-state index is 12.9. The molecule has 0 bridgehead atoms. The van der Waals surface area contributed by atoms with Gasteiger partial charge in [-0.2, -0.15) is 0 Å². The molecule has 1 aliphatic heterocycles. The third-order valence-corrected chi connectivity index (χ3v) is 9.28. The Morgan fingerprint density at radius 3 is 2.37 bits per heavy atom. The maximum absolute atomic E-state index is 12.9. The fraction of sp³-hybridized carbons (Fsp3) is 0.161. The first kappa shape index (κ1) is 28.3. The first-order valence-corrected chi connectivity index (χ1v) is 15.4. The van der Waals surface area contributed by atoms with E-state index < -0.39 is 10.0 Å². The molecular weight excluding hydrogens is 558 g/mol. The van der Waals surface area contributed by atoms with Gasteiger partial charge in [0.15, 0.2) is 0 Å². The van der Waals surface area contributed by atoms with Crippen LogP contribution in [-0.2, 0) is 21.4 Å². The van der Waals surface area contributed by atoms with E-state index in [1.54, 1.807) is 36.0 Å². The minimum Gasteiger partial charge on any atom is -0.495 e. The van der Waals surface area contributed by atoms with E-state index in [0.29, 0.717) is 35.0 Å². The van der Waals surface area contributed by atoms with Crippen molar-refractivity contribution in [1.82, 2.24) is 4.90 Å². The number of nitrogens with zero attached hydrogens (tertiary/aromatic N) is 1. The molecule has 0 radical (unpaired) electrons. The molecule has 2 amide bonds. The summed E-state index contributed by atoms with van der Waals surface area (Å²) >= 11 is 1.57. The zero-order valence-corrected chi connectivity index (χ0v) is 24.2. The smallest absolute Gasteiger partial charge is 0.262 e. The zero-order valence-electron chi connectivity index (χ0n) is 22.5. The molecule has 4 aromatic carbocycles. The van der Waals surface area contributed by atoms with Gasteiger partial charge in [0, 0.05) is 17.8 Å². The van der Waals surface area contributed by atoms with Gasteiger partial charge in [0.25, 0.3) is 15.9 Å². The van der Waals surface area contributed by atoms with Crippen LogP contribution in [0.15, 0.2) is 102 Å². The normalized spacial score (nSPS) is 15.0. The van der Waals surface area contributed by atoms with Crippen molar-refractivity contribution in [2.75, 3.05) is 22.9 Å². The van der Waals surface area contributed by atoms with E-state index in [9.17, 15) is 18.0 Å². The number of aryl methyl sites for hydroxylation is 1. The van der Waals surface area contributed by atoms with Gasteiger partial charge in [-0.15, -0.1) is 11.8 Å². The number of ether oxygens (including phenoxy) is 1. The summed E-state index contributed by atoms with van der Waals surface area (Å²) in [5.74, 6) is 0.589. The van der Waals surface area contributed by atoms with E-state index in [0.717, 1.165) is 16.7 Å². The molecule has 1 aliphatic rings. The number of carbonyl (C=O) groups excluding carboxylic acids is 2. The zero-order chi connectivity index (χ0) is 29.0. The van der Waals surface area contributed by atoms with Crippen molar-refractivity contribution in [3.05, 3.63) is 119 Å².